The lowest BCUT2D eigenvalue weighted by Crippen LogP contribution is -2.23. The zero-order valence-electron chi connectivity index (χ0n) is 8.50. The predicted octanol–water partition coefficient (Wildman–Crippen LogP) is 3.19. The van der Waals surface area contributed by atoms with Gasteiger partial charge in [0.15, 0.2) is 0 Å². The Morgan fingerprint density at radius 2 is 1.79 bits per heavy atom. The molecule has 1 aromatic carbocycles. The van der Waals surface area contributed by atoms with Crippen LogP contribution in [0.4, 0.5) is 0 Å². The Morgan fingerprint density at radius 3 is 2.43 bits per heavy atom. The van der Waals surface area contributed by atoms with Crippen molar-refractivity contribution in [3.8, 4) is 0 Å². The molecule has 0 amide bonds. The van der Waals surface area contributed by atoms with E-state index in [0.717, 1.165) is 5.70 Å². The Kier molecular flexibility index (Phi) is 2.87. The number of hydrogen-bond donors (Lipinski definition) is 1. The second-order valence-electron chi connectivity index (χ2n) is 3.97. The van der Waals surface area contributed by atoms with E-state index in [1.807, 2.05) is 6.07 Å². The van der Waals surface area contributed by atoms with Gasteiger partial charge in [-0.25, -0.2) is 0 Å². The number of hydrogen-bond acceptors (Lipinski definition) is 1. The lowest BCUT2D eigenvalue weighted by atomic mass is 10.1. The van der Waals surface area contributed by atoms with Crippen LogP contribution in [0.1, 0.15) is 31.2 Å². The summed E-state index contributed by atoms with van der Waals surface area (Å²) < 4.78 is 0. The molecule has 0 heterocycles. The topological polar surface area (TPSA) is 12.0 Å². The summed E-state index contributed by atoms with van der Waals surface area (Å²) in [4.78, 5) is 0. The molecular weight excluding hydrogens is 170 g/mol. The average Bonchev–Trinajstić information content (AvgIpc) is 2.72. The van der Waals surface area contributed by atoms with Crippen LogP contribution in [0.25, 0.3) is 5.70 Å². The van der Waals surface area contributed by atoms with Crippen LogP contribution in [-0.4, -0.2) is 6.04 Å². The summed E-state index contributed by atoms with van der Waals surface area (Å²) in [6.07, 6.45) is 5.32. The summed E-state index contributed by atoms with van der Waals surface area (Å²) in [6.45, 7) is 4.08. The molecule has 0 atom stereocenters. The molecule has 0 radical (unpaired) electrons. The van der Waals surface area contributed by atoms with Crippen molar-refractivity contribution in [2.45, 2.75) is 31.7 Å². The van der Waals surface area contributed by atoms with Crippen LogP contribution >= 0.6 is 0 Å². The third-order valence-electron chi connectivity index (χ3n) is 2.86. The van der Waals surface area contributed by atoms with Gasteiger partial charge >= 0.3 is 0 Å². The summed E-state index contributed by atoms with van der Waals surface area (Å²) in [6, 6.07) is 11.0. The minimum Gasteiger partial charge on any atom is -0.382 e. The van der Waals surface area contributed by atoms with Crippen LogP contribution in [0.2, 0.25) is 0 Å². The summed E-state index contributed by atoms with van der Waals surface area (Å²) >= 11 is 0. The molecule has 1 N–H and O–H groups in total. The van der Waals surface area contributed by atoms with E-state index in [0.29, 0.717) is 6.04 Å². The fourth-order valence-electron chi connectivity index (χ4n) is 2.04. The van der Waals surface area contributed by atoms with Crippen LogP contribution in [0, 0.1) is 0 Å². The molecule has 1 nitrogen and oxygen atoms in total. The van der Waals surface area contributed by atoms with Crippen molar-refractivity contribution in [3.05, 3.63) is 42.5 Å². The van der Waals surface area contributed by atoms with Gasteiger partial charge in [0.05, 0.1) is 0 Å². The Labute approximate surface area is 85.8 Å². The Bertz CT molecular complexity index is 296. The first-order valence-corrected chi connectivity index (χ1v) is 5.37. The highest BCUT2D eigenvalue weighted by Crippen LogP contribution is 2.20. The molecule has 1 heteroatoms. The van der Waals surface area contributed by atoms with Crippen molar-refractivity contribution < 1.29 is 0 Å². The number of rotatable bonds is 3. The zero-order valence-corrected chi connectivity index (χ0v) is 8.50. The lowest BCUT2D eigenvalue weighted by Gasteiger charge is -2.15. The van der Waals surface area contributed by atoms with Crippen LogP contribution in [0.5, 0.6) is 0 Å². The fraction of sp³-hybridized carbons (Fsp3) is 0.385. The van der Waals surface area contributed by atoms with E-state index in [9.17, 15) is 0 Å². The van der Waals surface area contributed by atoms with E-state index >= 15 is 0 Å². The molecule has 0 spiro atoms. The van der Waals surface area contributed by atoms with Crippen molar-refractivity contribution >= 4 is 5.70 Å². The summed E-state index contributed by atoms with van der Waals surface area (Å²) in [5.74, 6) is 0. The largest absolute Gasteiger partial charge is 0.382 e. The number of benzene rings is 1. The maximum absolute atomic E-state index is 4.08. The van der Waals surface area contributed by atoms with Crippen molar-refractivity contribution in [1.29, 1.82) is 0 Å². The predicted molar refractivity (Wildman–Crippen MR) is 60.9 cm³/mol. The fourth-order valence-corrected chi connectivity index (χ4v) is 2.04. The third kappa shape index (κ3) is 2.16. The van der Waals surface area contributed by atoms with Crippen molar-refractivity contribution in [1.82, 2.24) is 5.32 Å². The SMILES string of the molecule is C=C(NC1CCCC1)c1ccccc1. The highest BCUT2D eigenvalue weighted by Gasteiger charge is 2.14. The third-order valence-corrected chi connectivity index (χ3v) is 2.86. The first-order chi connectivity index (χ1) is 6.86. The Hall–Kier alpha value is -1.24. The molecule has 0 aromatic heterocycles. The Balaban J connectivity index is 1.95. The summed E-state index contributed by atoms with van der Waals surface area (Å²) in [7, 11) is 0. The molecule has 74 valence electrons. The van der Waals surface area contributed by atoms with Crippen molar-refractivity contribution in [2.24, 2.45) is 0 Å². The minimum absolute atomic E-state index is 0.655. The van der Waals surface area contributed by atoms with Crippen molar-refractivity contribution in [3.63, 3.8) is 0 Å². The van der Waals surface area contributed by atoms with Gasteiger partial charge in [-0.3, -0.25) is 0 Å². The molecule has 0 saturated heterocycles. The highest BCUT2D eigenvalue weighted by atomic mass is 14.9. The monoisotopic (exact) mass is 187 g/mol. The quantitative estimate of drug-likeness (QED) is 0.766. The average molecular weight is 187 g/mol. The van der Waals surface area contributed by atoms with E-state index in [2.05, 4.69) is 36.2 Å². The molecule has 0 aliphatic heterocycles. The van der Waals surface area contributed by atoms with Crippen LogP contribution in [0.15, 0.2) is 36.9 Å². The van der Waals surface area contributed by atoms with E-state index < -0.39 is 0 Å². The van der Waals surface area contributed by atoms with Gasteiger partial charge in [0.25, 0.3) is 0 Å². The molecule has 0 bridgehead atoms. The molecule has 14 heavy (non-hydrogen) atoms. The molecule has 1 saturated carbocycles. The van der Waals surface area contributed by atoms with E-state index in [4.69, 9.17) is 0 Å². The van der Waals surface area contributed by atoms with Gasteiger partial charge in [0.1, 0.15) is 0 Å². The maximum atomic E-state index is 4.08. The molecule has 2 rings (SSSR count). The first kappa shape index (κ1) is 9.32. The zero-order chi connectivity index (χ0) is 9.80. The van der Waals surface area contributed by atoms with Crippen molar-refractivity contribution in [2.75, 3.05) is 0 Å². The standard InChI is InChI=1S/C13H17N/c1-11(12-7-3-2-4-8-12)14-13-9-5-6-10-13/h2-4,7-8,13-14H,1,5-6,9-10H2. The number of nitrogens with one attached hydrogen (secondary N) is 1. The van der Waals surface area contributed by atoms with Gasteiger partial charge in [-0.1, -0.05) is 49.8 Å². The Morgan fingerprint density at radius 1 is 1.14 bits per heavy atom. The highest BCUT2D eigenvalue weighted by molar-refractivity contribution is 5.61. The van der Waals surface area contributed by atoms with Crippen LogP contribution in [0.3, 0.4) is 0 Å². The van der Waals surface area contributed by atoms with Gasteiger partial charge in [-0.05, 0) is 18.4 Å². The minimum atomic E-state index is 0.655. The first-order valence-electron chi connectivity index (χ1n) is 5.37. The molecule has 0 unspecified atom stereocenters. The van der Waals surface area contributed by atoms with Gasteiger partial charge in [-0.15, -0.1) is 0 Å². The van der Waals surface area contributed by atoms with E-state index in [-0.39, 0.29) is 0 Å². The van der Waals surface area contributed by atoms with Gasteiger partial charge < -0.3 is 5.32 Å². The van der Waals surface area contributed by atoms with Gasteiger partial charge in [-0.2, -0.15) is 0 Å². The molecule has 1 aliphatic carbocycles. The maximum Gasteiger partial charge on any atom is 0.0342 e. The second kappa shape index (κ2) is 4.32. The van der Waals surface area contributed by atoms with Crippen LogP contribution in [-0.2, 0) is 0 Å². The van der Waals surface area contributed by atoms with E-state index in [1.165, 1.54) is 31.2 Å². The van der Waals surface area contributed by atoms with Crippen LogP contribution < -0.4 is 5.32 Å². The van der Waals surface area contributed by atoms with E-state index in [1.54, 1.807) is 0 Å². The normalized spacial score (nSPS) is 16.9. The summed E-state index contributed by atoms with van der Waals surface area (Å²) in [5, 5.41) is 3.50. The van der Waals surface area contributed by atoms with Gasteiger partial charge in [0.2, 0.25) is 0 Å². The summed E-state index contributed by atoms with van der Waals surface area (Å²) in [5.41, 5.74) is 2.27. The lowest BCUT2D eigenvalue weighted by molar-refractivity contribution is 0.619. The molecule has 1 aliphatic rings. The molecule has 1 fully saturated rings. The second-order valence-corrected chi connectivity index (χ2v) is 3.97. The van der Waals surface area contributed by atoms with Gasteiger partial charge in [0, 0.05) is 11.7 Å². The molecule has 1 aromatic rings. The molecular formula is C13H17N. The smallest absolute Gasteiger partial charge is 0.0342 e.